The van der Waals surface area contributed by atoms with Crippen molar-refractivity contribution in [3.05, 3.63) is 41.7 Å². The number of hydrogen-bond acceptors (Lipinski definition) is 6. The van der Waals surface area contributed by atoms with Gasteiger partial charge in [0.1, 0.15) is 0 Å². The van der Waals surface area contributed by atoms with Gasteiger partial charge in [-0.3, -0.25) is 9.52 Å². The third-order valence-electron chi connectivity index (χ3n) is 5.96. The largest absolute Gasteiger partial charge is 0.335 e. The van der Waals surface area contributed by atoms with Gasteiger partial charge < -0.3 is 10.6 Å². The Morgan fingerprint density at radius 1 is 1.23 bits per heavy atom. The maximum absolute atomic E-state index is 13.1. The summed E-state index contributed by atoms with van der Waals surface area (Å²) in [5.74, 6) is 1.06. The van der Waals surface area contributed by atoms with Gasteiger partial charge in [-0.05, 0) is 50.3 Å². The van der Waals surface area contributed by atoms with Crippen LogP contribution in [0.25, 0.3) is 11.4 Å². The van der Waals surface area contributed by atoms with Gasteiger partial charge in [0, 0.05) is 36.5 Å². The summed E-state index contributed by atoms with van der Waals surface area (Å²) in [4.78, 5) is 24.1. The third kappa shape index (κ3) is 4.46. The van der Waals surface area contributed by atoms with Crippen molar-refractivity contribution >= 4 is 21.6 Å². The Kier molecular flexibility index (Phi) is 5.75. The van der Waals surface area contributed by atoms with Crippen molar-refractivity contribution < 1.29 is 13.2 Å². The average Bonchev–Trinajstić information content (AvgIpc) is 2.73. The van der Waals surface area contributed by atoms with E-state index < -0.39 is 10.0 Å². The summed E-state index contributed by atoms with van der Waals surface area (Å²) >= 11 is 0. The van der Waals surface area contributed by atoms with Crippen LogP contribution >= 0.6 is 0 Å². The standard InChI is InChI=1S/C21H27N5O3S/c1-30(28,29)25-16-4-2-3-15(11-16)20-23-13-18-19(24-20)9-10-26(21(18)27)17-7-5-14(12-22)6-8-17/h2-4,11,13-14,17,25H,5-10,12,22H2,1H3. The second-order valence-corrected chi connectivity index (χ2v) is 9.92. The average molecular weight is 430 g/mol. The molecule has 1 aromatic heterocycles. The molecule has 0 bridgehead atoms. The second-order valence-electron chi connectivity index (χ2n) is 8.17. The molecule has 160 valence electrons. The summed E-state index contributed by atoms with van der Waals surface area (Å²) < 4.78 is 25.4. The summed E-state index contributed by atoms with van der Waals surface area (Å²) in [5, 5.41) is 0. The van der Waals surface area contributed by atoms with E-state index in [1.807, 2.05) is 11.0 Å². The van der Waals surface area contributed by atoms with E-state index in [-0.39, 0.29) is 11.9 Å². The first-order valence-corrected chi connectivity index (χ1v) is 12.2. The van der Waals surface area contributed by atoms with E-state index in [1.165, 1.54) is 0 Å². The van der Waals surface area contributed by atoms with Crippen molar-refractivity contribution in [3.63, 3.8) is 0 Å². The lowest BCUT2D eigenvalue weighted by atomic mass is 9.84. The highest BCUT2D eigenvalue weighted by atomic mass is 32.2. The molecule has 0 radical (unpaired) electrons. The predicted molar refractivity (Wildman–Crippen MR) is 115 cm³/mol. The second kappa shape index (κ2) is 8.31. The van der Waals surface area contributed by atoms with Crippen LogP contribution in [0.3, 0.4) is 0 Å². The highest BCUT2D eigenvalue weighted by Gasteiger charge is 2.33. The number of nitrogens with one attached hydrogen (secondary N) is 1. The van der Waals surface area contributed by atoms with Crippen molar-refractivity contribution in [1.29, 1.82) is 0 Å². The molecular formula is C21H27N5O3S. The van der Waals surface area contributed by atoms with Crippen LogP contribution in [0.5, 0.6) is 0 Å². The topological polar surface area (TPSA) is 118 Å². The highest BCUT2D eigenvalue weighted by Crippen LogP contribution is 2.30. The molecule has 0 unspecified atom stereocenters. The first-order valence-electron chi connectivity index (χ1n) is 10.3. The molecule has 8 nitrogen and oxygen atoms in total. The van der Waals surface area contributed by atoms with Crippen molar-refractivity contribution in [2.45, 2.75) is 38.1 Å². The van der Waals surface area contributed by atoms with E-state index in [2.05, 4.69) is 14.7 Å². The Morgan fingerprint density at radius 3 is 2.70 bits per heavy atom. The quantitative estimate of drug-likeness (QED) is 0.751. The zero-order valence-electron chi connectivity index (χ0n) is 17.0. The van der Waals surface area contributed by atoms with Crippen molar-refractivity contribution in [3.8, 4) is 11.4 Å². The summed E-state index contributed by atoms with van der Waals surface area (Å²) in [6.07, 6.45) is 7.55. The molecule has 30 heavy (non-hydrogen) atoms. The van der Waals surface area contributed by atoms with E-state index in [9.17, 15) is 13.2 Å². The maximum Gasteiger partial charge on any atom is 0.257 e. The SMILES string of the molecule is CS(=O)(=O)Nc1cccc(-c2ncc3c(n2)CCN(C2CCC(CN)CC2)C3=O)c1. The van der Waals surface area contributed by atoms with Crippen LogP contribution < -0.4 is 10.5 Å². The lowest BCUT2D eigenvalue weighted by molar-refractivity contribution is 0.0589. The maximum atomic E-state index is 13.1. The van der Waals surface area contributed by atoms with Gasteiger partial charge in [0.25, 0.3) is 5.91 Å². The van der Waals surface area contributed by atoms with E-state index >= 15 is 0 Å². The van der Waals surface area contributed by atoms with Gasteiger partial charge in [-0.25, -0.2) is 18.4 Å². The number of sulfonamides is 1. The Balaban J connectivity index is 1.53. The first-order chi connectivity index (χ1) is 14.3. The van der Waals surface area contributed by atoms with E-state index in [0.717, 1.165) is 44.2 Å². The number of amides is 1. The third-order valence-corrected chi connectivity index (χ3v) is 6.57. The fraction of sp³-hybridized carbons (Fsp3) is 0.476. The number of aromatic nitrogens is 2. The van der Waals surface area contributed by atoms with Gasteiger partial charge in [0.05, 0.1) is 17.5 Å². The molecule has 4 rings (SSSR count). The number of hydrogen-bond donors (Lipinski definition) is 2. The van der Waals surface area contributed by atoms with E-state index in [1.54, 1.807) is 24.4 Å². The summed E-state index contributed by atoms with van der Waals surface area (Å²) in [6.45, 7) is 1.39. The van der Waals surface area contributed by atoms with Gasteiger partial charge in [-0.2, -0.15) is 0 Å². The minimum Gasteiger partial charge on any atom is -0.335 e. The number of carbonyl (C=O) groups excluding carboxylic acids is 1. The van der Waals surface area contributed by atoms with Crippen molar-refractivity contribution in [2.24, 2.45) is 11.7 Å². The van der Waals surface area contributed by atoms with Gasteiger partial charge in [0.2, 0.25) is 10.0 Å². The lowest BCUT2D eigenvalue weighted by Crippen LogP contribution is -2.46. The van der Waals surface area contributed by atoms with Crippen LogP contribution in [0.4, 0.5) is 5.69 Å². The fourth-order valence-corrected chi connectivity index (χ4v) is 4.94. The van der Waals surface area contributed by atoms with Gasteiger partial charge in [0.15, 0.2) is 5.82 Å². The molecule has 1 amide bonds. The van der Waals surface area contributed by atoms with Crippen LogP contribution in [0, 0.1) is 5.92 Å². The lowest BCUT2D eigenvalue weighted by Gasteiger charge is -2.38. The summed E-state index contributed by atoms with van der Waals surface area (Å²) in [7, 11) is -3.37. The van der Waals surface area contributed by atoms with Gasteiger partial charge in [-0.15, -0.1) is 0 Å². The van der Waals surface area contributed by atoms with Gasteiger partial charge >= 0.3 is 0 Å². The monoisotopic (exact) mass is 429 g/mol. The van der Waals surface area contributed by atoms with Crippen molar-refractivity contribution in [1.82, 2.24) is 14.9 Å². The molecule has 2 aliphatic rings. The molecule has 0 spiro atoms. The molecule has 1 aliphatic heterocycles. The van der Waals surface area contributed by atoms with Gasteiger partial charge in [-0.1, -0.05) is 12.1 Å². The molecule has 3 N–H and O–H groups in total. The Morgan fingerprint density at radius 2 is 2.00 bits per heavy atom. The normalized spacial score (nSPS) is 21.9. The molecule has 1 aromatic carbocycles. The number of nitrogens with zero attached hydrogens (tertiary/aromatic N) is 3. The minimum absolute atomic E-state index is 0.00601. The predicted octanol–water partition coefficient (Wildman–Crippen LogP) is 2.03. The number of carbonyl (C=O) groups is 1. The smallest absolute Gasteiger partial charge is 0.257 e. The number of nitrogens with two attached hydrogens (primary N) is 1. The van der Waals surface area contributed by atoms with Crippen LogP contribution in [0.2, 0.25) is 0 Å². The molecule has 9 heteroatoms. The fourth-order valence-electron chi connectivity index (χ4n) is 4.38. The molecule has 2 aromatic rings. The zero-order chi connectivity index (χ0) is 21.3. The first kappa shape index (κ1) is 20.7. The molecule has 0 saturated heterocycles. The van der Waals surface area contributed by atoms with Crippen LogP contribution in [-0.4, -0.2) is 54.6 Å². The number of fused-ring (bicyclic) bond motifs is 1. The molecule has 0 atom stereocenters. The summed E-state index contributed by atoms with van der Waals surface area (Å²) in [6, 6.07) is 7.20. The Labute approximate surface area is 177 Å². The zero-order valence-corrected chi connectivity index (χ0v) is 17.9. The van der Waals surface area contributed by atoms with E-state index in [0.29, 0.717) is 41.5 Å². The Hall–Kier alpha value is -2.52. The minimum atomic E-state index is -3.37. The molecule has 2 heterocycles. The summed E-state index contributed by atoms with van der Waals surface area (Å²) in [5.41, 5.74) is 8.25. The molecule has 1 aliphatic carbocycles. The van der Waals surface area contributed by atoms with Crippen LogP contribution in [0.15, 0.2) is 30.5 Å². The van der Waals surface area contributed by atoms with Crippen LogP contribution in [0.1, 0.15) is 41.7 Å². The number of anilines is 1. The van der Waals surface area contributed by atoms with Crippen LogP contribution in [-0.2, 0) is 16.4 Å². The molecule has 1 saturated carbocycles. The Bertz CT molecular complexity index is 1050. The number of benzene rings is 1. The number of rotatable bonds is 5. The van der Waals surface area contributed by atoms with Crippen molar-refractivity contribution in [2.75, 3.05) is 24.1 Å². The highest BCUT2D eigenvalue weighted by molar-refractivity contribution is 7.92. The molecule has 1 fully saturated rings. The molecular weight excluding hydrogens is 402 g/mol. The van der Waals surface area contributed by atoms with E-state index in [4.69, 9.17) is 5.73 Å².